The smallest absolute Gasteiger partial charge is 0.123 e. The summed E-state index contributed by atoms with van der Waals surface area (Å²) in [6.45, 7) is 4.42. The number of methoxy groups -OCH3 is 1. The van der Waals surface area contributed by atoms with Crippen LogP contribution in [-0.4, -0.2) is 12.2 Å². The number of benzene rings is 2. The Kier molecular flexibility index (Phi) is 6.52. The van der Waals surface area contributed by atoms with E-state index in [-0.39, 0.29) is 0 Å². The van der Waals surface area contributed by atoms with Crippen LogP contribution >= 0.6 is 0 Å². The van der Waals surface area contributed by atoms with Gasteiger partial charge in [0.1, 0.15) is 11.5 Å². The van der Waals surface area contributed by atoms with Crippen LogP contribution in [0.2, 0.25) is 0 Å². The maximum absolute atomic E-state index is 10.5. The fraction of sp³-hybridized carbons (Fsp3) is 0.429. The highest BCUT2D eigenvalue weighted by Gasteiger charge is 2.11. The highest BCUT2D eigenvalue weighted by Crippen LogP contribution is 2.34. The van der Waals surface area contributed by atoms with Crippen LogP contribution in [0.5, 0.6) is 11.5 Å². The topological polar surface area (TPSA) is 29.5 Å². The number of hydrogen-bond acceptors (Lipinski definition) is 2. The molecule has 0 radical (unpaired) electrons. The van der Waals surface area contributed by atoms with Gasteiger partial charge in [0.25, 0.3) is 0 Å². The second kappa shape index (κ2) is 8.61. The molecule has 0 fully saturated rings. The van der Waals surface area contributed by atoms with Crippen molar-refractivity contribution in [3.63, 3.8) is 0 Å². The maximum Gasteiger partial charge on any atom is 0.123 e. The number of ether oxygens (including phenoxy) is 1. The first kappa shape index (κ1) is 17.4. The first-order chi connectivity index (χ1) is 11.2. The van der Waals surface area contributed by atoms with Gasteiger partial charge in [0.05, 0.1) is 7.11 Å². The molecule has 0 saturated carbocycles. The Morgan fingerprint density at radius 2 is 1.43 bits per heavy atom. The second-order valence-corrected chi connectivity index (χ2v) is 6.07. The minimum absolute atomic E-state index is 0.376. The number of phenols is 1. The monoisotopic (exact) mass is 312 g/mol. The van der Waals surface area contributed by atoms with E-state index in [1.54, 1.807) is 7.11 Å². The van der Waals surface area contributed by atoms with Crippen LogP contribution < -0.4 is 4.74 Å². The number of unbranched alkanes of at least 4 members (excludes halogenated alkanes) is 2. The van der Waals surface area contributed by atoms with Crippen molar-refractivity contribution in [2.45, 2.75) is 52.4 Å². The summed E-state index contributed by atoms with van der Waals surface area (Å²) in [6, 6.07) is 12.0. The Labute approximate surface area is 140 Å². The van der Waals surface area contributed by atoms with E-state index in [1.165, 1.54) is 36.8 Å². The van der Waals surface area contributed by atoms with Gasteiger partial charge in [-0.1, -0.05) is 38.8 Å². The van der Waals surface area contributed by atoms with Crippen molar-refractivity contribution in [1.82, 2.24) is 0 Å². The van der Waals surface area contributed by atoms with Crippen LogP contribution in [0.1, 0.15) is 50.7 Å². The van der Waals surface area contributed by atoms with Gasteiger partial charge in [-0.15, -0.1) is 0 Å². The fourth-order valence-corrected chi connectivity index (χ4v) is 2.88. The van der Waals surface area contributed by atoms with Gasteiger partial charge >= 0.3 is 0 Å². The Hall–Kier alpha value is -1.96. The highest BCUT2D eigenvalue weighted by atomic mass is 16.5. The molecule has 2 aromatic carbocycles. The van der Waals surface area contributed by atoms with Crippen molar-refractivity contribution in [1.29, 1.82) is 0 Å². The second-order valence-electron chi connectivity index (χ2n) is 6.07. The largest absolute Gasteiger partial charge is 0.507 e. The van der Waals surface area contributed by atoms with E-state index in [9.17, 15) is 5.11 Å². The van der Waals surface area contributed by atoms with Gasteiger partial charge in [0.2, 0.25) is 0 Å². The Morgan fingerprint density at radius 3 is 1.96 bits per heavy atom. The first-order valence-corrected chi connectivity index (χ1v) is 8.68. The third kappa shape index (κ3) is 4.51. The van der Waals surface area contributed by atoms with Crippen molar-refractivity contribution >= 4 is 0 Å². The molecule has 2 heteroatoms. The standard InChI is InChI=1S/C21H28O2/c1-4-6-8-17-14-20(16-10-12-19(23-3)13-11-16)21(22)15-18(17)9-7-5-2/h10-15,22H,4-9H2,1-3H3. The molecule has 0 aliphatic heterocycles. The van der Waals surface area contributed by atoms with Crippen molar-refractivity contribution in [2.75, 3.05) is 7.11 Å². The van der Waals surface area contributed by atoms with E-state index in [4.69, 9.17) is 4.74 Å². The third-order valence-corrected chi connectivity index (χ3v) is 4.32. The quantitative estimate of drug-likeness (QED) is 0.672. The average molecular weight is 312 g/mol. The lowest BCUT2D eigenvalue weighted by atomic mass is 9.92. The van der Waals surface area contributed by atoms with Gasteiger partial charge in [0, 0.05) is 5.56 Å². The number of phenolic OH excluding ortho intramolecular Hbond substituents is 1. The van der Waals surface area contributed by atoms with E-state index in [0.29, 0.717) is 5.75 Å². The van der Waals surface area contributed by atoms with Gasteiger partial charge < -0.3 is 9.84 Å². The summed E-state index contributed by atoms with van der Waals surface area (Å²) in [5.74, 6) is 1.21. The molecule has 0 unspecified atom stereocenters. The minimum Gasteiger partial charge on any atom is -0.507 e. The summed E-state index contributed by atoms with van der Waals surface area (Å²) in [7, 11) is 1.66. The minimum atomic E-state index is 0.376. The fourth-order valence-electron chi connectivity index (χ4n) is 2.88. The van der Waals surface area contributed by atoms with Crippen molar-refractivity contribution in [2.24, 2.45) is 0 Å². The first-order valence-electron chi connectivity index (χ1n) is 8.68. The van der Waals surface area contributed by atoms with Crippen molar-refractivity contribution < 1.29 is 9.84 Å². The van der Waals surface area contributed by atoms with E-state index < -0.39 is 0 Å². The highest BCUT2D eigenvalue weighted by molar-refractivity contribution is 5.72. The summed E-state index contributed by atoms with van der Waals surface area (Å²) >= 11 is 0. The van der Waals surface area contributed by atoms with Crippen molar-refractivity contribution in [3.05, 3.63) is 47.5 Å². The number of rotatable bonds is 8. The summed E-state index contributed by atoms with van der Waals surface area (Å²) in [5.41, 5.74) is 4.63. The molecular formula is C21H28O2. The Bertz CT molecular complexity index is 614. The number of hydrogen-bond donors (Lipinski definition) is 1. The van der Waals surface area contributed by atoms with Gasteiger partial charge in [-0.2, -0.15) is 0 Å². The van der Waals surface area contributed by atoms with Crippen LogP contribution in [0.4, 0.5) is 0 Å². The van der Waals surface area contributed by atoms with Crippen molar-refractivity contribution in [3.8, 4) is 22.6 Å². The van der Waals surface area contributed by atoms with Gasteiger partial charge in [-0.25, -0.2) is 0 Å². The molecule has 0 atom stereocenters. The summed E-state index contributed by atoms with van der Waals surface area (Å²) in [4.78, 5) is 0. The molecule has 0 saturated heterocycles. The summed E-state index contributed by atoms with van der Waals surface area (Å²) in [6.07, 6.45) is 6.84. The molecule has 0 aromatic heterocycles. The van der Waals surface area contributed by atoms with Gasteiger partial charge in [0.15, 0.2) is 0 Å². The summed E-state index contributed by atoms with van der Waals surface area (Å²) < 4.78 is 5.21. The normalized spacial score (nSPS) is 10.7. The zero-order valence-electron chi connectivity index (χ0n) is 14.6. The average Bonchev–Trinajstić information content (AvgIpc) is 2.59. The molecule has 1 N–H and O–H groups in total. The number of aromatic hydroxyl groups is 1. The zero-order chi connectivity index (χ0) is 16.7. The maximum atomic E-state index is 10.5. The summed E-state index contributed by atoms with van der Waals surface area (Å²) in [5, 5.41) is 10.5. The lowest BCUT2D eigenvalue weighted by Gasteiger charge is -2.14. The molecule has 0 amide bonds. The zero-order valence-corrected chi connectivity index (χ0v) is 14.6. The van der Waals surface area contributed by atoms with E-state index in [1.807, 2.05) is 30.3 Å². The van der Waals surface area contributed by atoms with E-state index in [0.717, 1.165) is 29.7 Å². The van der Waals surface area contributed by atoms with Crippen LogP contribution in [0.25, 0.3) is 11.1 Å². The SMILES string of the molecule is CCCCc1cc(O)c(-c2ccc(OC)cc2)cc1CCCC. The van der Waals surface area contributed by atoms with E-state index >= 15 is 0 Å². The molecule has 2 nitrogen and oxygen atoms in total. The van der Waals surface area contributed by atoms with Gasteiger partial charge in [-0.3, -0.25) is 0 Å². The van der Waals surface area contributed by atoms with E-state index in [2.05, 4.69) is 19.9 Å². The molecule has 0 aliphatic carbocycles. The lowest BCUT2D eigenvalue weighted by molar-refractivity contribution is 0.415. The lowest BCUT2D eigenvalue weighted by Crippen LogP contribution is -1.97. The predicted octanol–water partition coefficient (Wildman–Crippen LogP) is 5.75. The molecule has 0 bridgehead atoms. The van der Waals surface area contributed by atoms with Crippen LogP contribution in [0.15, 0.2) is 36.4 Å². The van der Waals surface area contributed by atoms with Crippen LogP contribution in [0, 0.1) is 0 Å². The molecule has 2 rings (SSSR count). The third-order valence-electron chi connectivity index (χ3n) is 4.32. The van der Waals surface area contributed by atoms with Crippen LogP contribution in [-0.2, 0) is 12.8 Å². The molecule has 0 spiro atoms. The number of aryl methyl sites for hydroxylation is 2. The molecule has 124 valence electrons. The Balaban J connectivity index is 2.37. The molecule has 23 heavy (non-hydrogen) atoms. The van der Waals surface area contributed by atoms with Gasteiger partial charge in [-0.05, 0) is 66.6 Å². The molecular weight excluding hydrogens is 284 g/mol. The Morgan fingerprint density at radius 1 is 0.870 bits per heavy atom. The predicted molar refractivity (Wildman–Crippen MR) is 97.3 cm³/mol. The molecule has 2 aromatic rings. The molecule has 0 aliphatic rings. The van der Waals surface area contributed by atoms with Crippen LogP contribution in [0.3, 0.4) is 0 Å². The molecule has 0 heterocycles.